The Morgan fingerprint density at radius 2 is 1.68 bits per heavy atom. The van der Waals surface area contributed by atoms with E-state index in [1.165, 1.54) is 0 Å². The van der Waals surface area contributed by atoms with Gasteiger partial charge in [-0.15, -0.1) is 0 Å². The Hall–Kier alpha value is -2.46. The van der Waals surface area contributed by atoms with Crippen molar-refractivity contribution in [3.05, 3.63) is 71.3 Å². The van der Waals surface area contributed by atoms with Crippen molar-refractivity contribution < 1.29 is 14.3 Å². The number of hydrogen-bond donors (Lipinski definition) is 0. The van der Waals surface area contributed by atoms with Crippen LogP contribution in [0.15, 0.2) is 54.6 Å². The summed E-state index contributed by atoms with van der Waals surface area (Å²) in [6, 6.07) is 17.0. The summed E-state index contributed by atoms with van der Waals surface area (Å²) in [7, 11) is 0. The van der Waals surface area contributed by atoms with Crippen molar-refractivity contribution in [3.63, 3.8) is 0 Å². The highest BCUT2D eigenvalue weighted by atomic mass is 16.5. The van der Waals surface area contributed by atoms with Crippen LogP contribution in [-0.2, 0) is 16.0 Å². The first kappa shape index (κ1) is 18.9. The predicted octanol–water partition coefficient (Wildman–Crippen LogP) is 3.88. The van der Waals surface area contributed by atoms with E-state index in [0.717, 1.165) is 43.6 Å². The molecule has 3 aliphatic heterocycles. The van der Waals surface area contributed by atoms with E-state index in [1.807, 2.05) is 54.6 Å². The van der Waals surface area contributed by atoms with Crippen LogP contribution in [0.5, 0.6) is 0 Å². The van der Waals surface area contributed by atoms with Gasteiger partial charge in [-0.1, -0.05) is 54.6 Å². The van der Waals surface area contributed by atoms with Crippen LogP contribution in [0.2, 0.25) is 0 Å². The molecule has 3 saturated heterocycles. The van der Waals surface area contributed by atoms with Crippen molar-refractivity contribution >= 4 is 11.8 Å². The molecule has 4 heteroatoms. The van der Waals surface area contributed by atoms with Gasteiger partial charge in [-0.25, -0.2) is 0 Å². The molecule has 4 nitrogen and oxygen atoms in total. The van der Waals surface area contributed by atoms with E-state index in [2.05, 4.69) is 4.90 Å². The zero-order valence-electron chi connectivity index (χ0n) is 16.2. The van der Waals surface area contributed by atoms with Gasteiger partial charge >= 0.3 is 5.97 Å². The first-order chi connectivity index (χ1) is 13.7. The fourth-order valence-electron chi connectivity index (χ4n) is 4.40. The van der Waals surface area contributed by atoms with E-state index in [-0.39, 0.29) is 17.9 Å². The molecule has 0 aliphatic carbocycles. The number of ketones is 1. The zero-order chi connectivity index (χ0) is 19.3. The van der Waals surface area contributed by atoms with Gasteiger partial charge in [-0.3, -0.25) is 14.5 Å². The number of carbonyl (C=O) groups is 2. The van der Waals surface area contributed by atoms with Gasteiger partial charge in [0.05, 0.1) is 0 Å². The van der Waals surface area contributed by atoms with Crippen LogP contribution < -0.4 is 0 Å². The van der Waals surface area contributed by atoms with Gasteiger partial charge < -0.3 is 4.74 Å². The summed E-state index contributed by atoms with van der Waals surface area (Å²) in [4.78, 5) is 27.5. The largest absolute Gasteiger partial charge is 0.461 e. The monoisotopic (exact) mass is 377 g/mol. The van der Waals surface area contributed by atoms with Crippen LogP contribution in [0.3, 0.4) is 0 Å². The summed E-state index contributed by atoms with van der Waals surface area (Å²) < 4.78 is 5.76. The quantitative estimate of drug-likeness (QED) is 0.543. The highest BCUT2D eigenvalue weighted by Gasteiger charge is 2.36. The van der Waals surface area contributed by atoms with Crippen LogP contribution in [0, 0.1) is 5.92 Å². The molecule has 0 amide bonds. The summed E-state index contributed by atoms with van der Waals surface area (Å²) in [5, 5.41) is 0. The molecule has 0 N–H and O–H groups in total. The molecular formula is C24H27NO3. The van der Waals surface area contributed by atoms with Crippen molar-refractivity contribution in [2.75, 3.05) is 19.6 Å². The maximum Gasteiger partial charge on any atom is 0.306 e. The summed E-state index contributed by atoms with van der Waals surface area (Å²) in [6.07, 6.45) is 4.15. The number of ether oxygens (including phenoxy) is 1. The average molecular weight is 377 g/mol. The number of esters is 1. The van der Waals surface area contributed by atoms with Gasteiger partial charge in [0.25, 0.3) is 0 Å². The van der Waals surface area contributed by atoms with Gasteiger partial charge in [-0.05, 0) is 50.3 Å². The van der Waals surface area contributed by atoms with Crippen LogP contribution in [0.25, 0.3) is 0 Å². The Labute approximate surface area is 166 Å². The van der Waals surface area contributed by atoms with Gasteiger partial charge in [0.2, 0.25) is 0 Å². The highest BCUT2D eigenvalue weighted by Crippen LogP contribution is 2.29. The first-order valence-electron chi connectivity index (χ1n) is 10.3. The lowest BCUT2D eigenvalue weighted by Gasteiger charge is -2.43. The Balaban J connectivity index is 1.32. The van der Waals surface area contributed by atoms with Crippen molar-refractivity contribution in [3.8, 4) is 0 Å². The van der Waals surface area contributed by atoms with Crippen LogP contribution >= 0.6 is 0 Å². The van der Waals surface area contributed by atoms with E-state index >= 15 is 0 Å². The number of nitrogens with zero attached hydrogens (tertiary/aromatic N) is 1. The highest BCUT2D eigenvalue weighted by molar-refractivity contribution is 6.09. The number of fused-ring (bicyclic) bond motifs is 3. The number of aryl methyl sites for hydroxylation is 1. The van der Waals surface area contributed by atoms with Crippen molar-refractivity contribution in [2.45, 2.75) is 38.2 Å². The summed E-state index contributed by atoms with van der Waals surface area (Å²) in [6.45, 7) is 3.18. The number of piperidine rings is 3. The third-order valence-electron chi connectivity index (χ3n) is 6.00. The molecule has 2 aromatic carbocycles. The molecule has 0 spiro atoms. The van der Waals surface area contributed by atoms with Gasteiger partial charge in [0.1, 0.15) is 6.10 Å². The van der Waals surface area contributed by atoms with E-state index < -0.39 is 0 Å². The summed E-state index contributed by atoms with van der Waals surface area (Å²) in [5.41, 5.74) is 2.41. The number of rotatable bonds is 7. The molecule has 5 rings (SSSR count). The van der Waals surface area contributed by atoms with Gasteiger partial charge in [-0.2, -0.15) is 0 Å². The van der Waals surface area contributed by atoms with Crippen molar-refractivity contribution in [1.82, 2.24) is 4.90 Å². The second-order valence-electron chi connectivity index (χ2n) is 7.87. The molecule has 0 radical (unpaired) electrons. The molecule has 3 aliphatic rings. The SMILES string of the molecule is O=C(CCCc1ccccc1C(=O)c1ccccc1)O[C@H]1CN2CCC1CC2. The third-order valence-corrected chi connectivity index (χ3v) is 6.00. The molecule has 0 unspecified atom stereocenters. The Morgan fingerprint density at radius 1 is 0.964 bits per heavy atom. The molecule has 2 bridgehead atoms. The van der Waals surface area contributed by atoms with E-state index in [4.69, 9.17) is 4.74 Å². The van der Waals surface area contributed by atoms with Crippen molar-refractivity contribution in [2.24, 2.45) is 5.92 Å². The fourth-order valence-corrected chi connectivity index (χ4v) is 4.40. The summed E-state index contributed by atoms with van der Waals surface area (Å²) >= 11 is 0. The lowest BCUT2D eigenvalue weighted by Crippen LogP contribution is -2.51. The van der Waals surface area contributed by atoms with Crippen molar-refractivity contribution in [1.29, 1.82) is 0 Å². The molecule has 0 saturated carbocycles. The third kappa shape index (κ3) is 4.33. The molecule has 3 heterocycles. The molecule has 1 atom stereocenters. The first-order valence-corrected chi connectivity index (χ1v) is 10.3. The second kappa shape index (κ2) is 8.70. The molecule has 146 valence electrons. The molecule has 2 aromatic rings. The number of benzene rings is 2. The number of hydrogen-bond acceptors (Lipinski definition) is 4. The summed E-state index contributed by atoms with van der Waals surface area (Å²) in [5.74, 6) is 0.467. The molecular weight excluding hydrogens is 350 g/mol. The number of carbonyl (C=O) groups excluding carboxylic acids is 2. The topological polar surface area (TPSA) is 46.6 Å². The Bertz CT molecular complexity index is 825. The van der Waals surface area contributed by atoms with Gasteiger partial charge in [0, 0.05) is 24.1 Å². The maximum absolute atomic E-state index is 12.8. The Kier molecular flexibility index (Phi) is 5.87. The van der Waals surface area contributed by atoms with E-state index in [0.29, 0.717) is 30.7 Å². The standard InChI is InChI=1S/C24H27NO3/c26-23(28-22-17-25-15-13-19(22)14-16-25)12-6-10-18-7-4-5-11-21(18)24(27)20-8-2-1-3-9-20/h1-5,7-9,11,19,22H,6,10,12-17H2/t22-/m0/s1. The normalized spacial score (nSPS) is 23.4. The molecule has 28 heavy (non-hydrogen) atoms. The van der Waals surface area contributed by atoms with E-state index in [9.17, 15) is 9.59 Å². The molecule has 0 aromatic heterocycles. The molecule has 3 fully saturated rings. The van der Waals surface area contributed by atoms with Crippen LogP contribution in [0.1, 0.15) is 47.2 Å². The minimum absolute atomic E-state index is 0.0334. The van der Waals surface area contributed by atoms with Crippen LogP contribution in [-0.4, -0.2) is 42.4 Å². The lowest BCUT2D eigenvalue weighted by atomic mass is 9.86. The second-order valence-corrected chi connectivity index (χ2v) is 7.87. The van der Waals surface area contributed by atoms with E-state index in [1.54, 1.807) is 0 Å². The maximum atomic E-state index is 12.8. The average Bonchev–Trinajstić information content (AvgIpc) is 2.75. The predicted molar refractivity (Wildman–Crippen MR) is 108 cm³/mol. The minimum atomic E-state index is -0.106. The van der Waals surface area contributed by atoms with Gasteiger partial charge in [0.15, 0.2) is 5.78 Å². The zero-order valence-corrected chi connectivity index (χ0v) is 16.2. The van der Waals surface area contributed by atoms with Crippen LogP contribution in [0.4, 0.5) is 0 Å². The fraction of sp³-hybridized carbons (Fsp3) is 0.417. The minimum Gasteiger partial charge on any atom is -0.461 e. The smallest absolute Gasteiger partial charge is 0.306 e. The Morgan fingerprint density at radius 3 is 2.39 bits per heavy atom. The lowest BCUT2D eigenvalue weighted by molar-refractivity contribution is -0.158.